The smallest absolute Gasteiger partial charge is 0.236 e. The van der Waals surface area contributed by atoms with Crippen molar-refractivity contribution in [1.29, 1.82) is 0 Å². The number of hydrogen-bond acceptors (Lipinski definition) is 6. The van der Waals surface area contributed by atoms with Crippen molar-refractivity contribution in [2.24, 2.45) is 5.92 Å². The van der Waals surface area contributed by atoms with Crippen molar-refractivity contribution >= 4 is 23.2 Å². The highest BCUT2D eigenvalue weighted by Gasteiger charge is 2.31. The highest BCUT2D eigenvalue weighted by Crippen LogP contribution is 2.36. The maximum Gasteiger partial charge on any atom is 0.236 e. The second kappa shape index (κ2) is 12.1. The lowest BCUT2D eigenvalue weighted by molar-refractivity contribution is -0.135. The summed E-state index contributed by atoms with van der Waals surface area (Å²) in [6, 6.07) is 12.9. The molecule has 1 saturated carbocycles. The minimum absolute atomic E-state index is 0.0375. The maximum atomic E-state index is 13.1. The summed E-state index contributed by atoms with van der Waals surface area (Å²) in [7, 11) is 5.69. The number of benzene rings is 2. The molecule has 0 aromatic heterocycles. The van der Waals surface area contributed by atoms with Gasteiger partial charge in [0.15, 0.2) is 11.5 Å². The predicted molar refractivity (Wildman–Crippen MR) is 158 cm³/mol. The van der Waals surface area contributed by atoms with Crippen LogP contribution in [0.1, 0.15) is 50.7 Å². The molecule has 0 radical (unpaired) electrons. The zero-order valence-electron chi connectivity index (χ0n) is 24.7. The lowest BCUT2D eigenvalue weighted by Crippen LogP contribution is -2.53. The summed E-state index contributed by atoms with van der Waals surface area (Å²) in [5.74, 6) is 2.38. The lowest BCUT2D eigenvalue weighted by Gasteiger charge is -2.41. The molecule has 0 bridgehead atoms. The molecule has 8 heteroatoms. The van der Waals surface area contributed by atoms with E-state index in [9.17, 15) is 9.59 Å². The summed E-state index contributed by atoms with van der Waals surface area (Å²) < 4.78 is 11.5. The molecule has 2 aromatic rings. The van der Waals surface area contributed by atoms with E-state index in [4.69, 9.17) is 9.47 Å². The molecule has 2 aromatic carbocycles. The van der Waals surface area contributed by atoms with Gasteiger partial charge < -0.3 is 24.2 Å². The fraction of sp³-hybridized carbons (Fsp3) is 0.562. The van der Waals surface area contributed by atoms with Gasteiger partial charge in [-0.3, -0.25) is 14.5 Å². The first kappa shape index (κ1) is 28.3. The molecule has 0 spiro atoms. The number of methoxy groups -OCH3 is 1. The van der Waals surface area contributed by atoms with Crippen LogP contribution < -0.4 is 19.3 Å². The van der Waals surface area contributed by atoms with Crippen molar-refractivity contribution in [3.05, 3.63) is 47.5 Å². The summed E-state index contributed by atoms with van der Waals surface area (Å²) in [6.45, 7) is 7.94. The number of rotatable bonds is 8. The molecule has 216 valence electrons. The van der Waals surface area contributed by atoms with Gasteiger partial charge in [0.1, 0.15) is 0 Å². The van der Waals surface area contributed by atoms with Gasteiger partial charge in [0, 0.05) is 51.1 Å². The van der Waals surface area contributed by atoms with Gasteiger partial charge in [-0.25, -0.2) is 0 Å². The summed E-state index contributed by atoms with van der Waals surface area (Å²) in [4.78, 5) is 33.7. The van der Waals surface area contributed by atoms with Crippen LogP contribution in [-0.4, -0.2) is 81.1 Å². The van der Waals surface area contributed by atoms with Crippen molar-refractivity contribution in [1.82, 2.24) is 9.80 Å². The number of likely N-dealkylation sites (N-methyl/N-ethyl adjacent to an activating group) is 1. The molecule has 1 saturated heterocycles. The maximum absolute atomic E-state index is 13.1. The van der Waals surface area contributed by atoms with E-state index in [-0.39, 0.29) is 17.9 Å². The molecule has 2 heterocycles. The zero-order valence-corrected chi connectivity index (χ0v) is 24.7. The van der Waals surface area contributed by atoms with Gasteiger partial charge in [-0.15, -0.1) is 0 Å². The monoisotopic (exact) mass is 548 g/mol. The third-order valence-corrected chi connectivity index (χ3v) is 8.77. The molecule has 0 N–H and O–H groups in total. The normalized spacial score (nSPS) is 21.9. The Labute approximate surface area is 238 Å². The number of piperazine rings is 1. The predicted octanol–water partition coefficient (Wildman–Crippen LogP) is 4.34. The molecule has 0 atom stereocenters. The first-order chi connectivity index (χ1) is 19.2. The van der Waals surface area contributed by atoms with Gasteiger partial charge in [0.05, 0.1) is 32.7 Å². The van der Waals surface area contributed by atoms with E-state index < -0.39 is 0 Å². The molecular formula is C32H44N4O4. The second-order valence-electron chi connectivity index (χ2n) is 12.0. The minimum atomic E-state index is 0.0375. The minimum Gasteiger partial charge on any atom is -0.493 e. The highest BCUT2D eigenvalue weighted by molar-refractivity contribution is 5.96. The van der Waals surface area contributed by atoms with Crippen LogP contribution in [0.15, 0.2) is 36.4 Å². The van der Waals surface area contributed by atoms with E-state index in [1.54, 1.807) is 7.11 Å². The summed E-state index contributed by atoms with van der Waals surface area (Å²) in [5, 5.41) is 0. The number of carbonyl (C=O) groups excluding carboxylic acids is 2. The quantitative estimate of drug-likeness (QED) is 0.489. The third-order valence-electron chi connectivity index (χ3n) is 8.77. The van der Waals surface area contributed by atoms with Gasteiger partial charge in [-0.2, -0.15) is 0 Å². The van der Waals surface area contributed by atoms with Gasteiger partial charge in [-0.1, -0.05) is 0 Å². The Bertz CT molecular complexity index is 1210. The SMILES string of the molecule is COc1cc2c(cc1OC(C)C)CN(c1ccc(N(C)CC3CCC(N4CCN(C)C(=O)C4)CC3)cc1)C(=O)C2. The fourth-order valence-corrected chi connectivity index (χ4v) is 6.37. The molecule has 0 unspecified atom stereocenters. The van der Waals surface area contributed by atoms with Crippen LogP contribution in [0.2, 0.25) is 0 Å². The molecule has 40 heavy (non-hydrogen) atoms. The molecule has 5 rings (SSSR count). The number of carbonyl (C=O) groups is 2. The molecule has 2 amide bonds. The third kappa shape index (κ3) is 6.22. The van der Waals surface area contributed by atoms with E-state index in [0.29, 0.717) is 43.0 Å². The largest absolute Gasteiger partial charge is 0.493 e. The second-order valence-corrected chi connectivity index (χ2v) is 12.0. The van der Waals surface area contributed by atoms with Gasteiger partial charge in [-0.05, 0) is 93.0 Å². The summed E-state index contributed by atoms with van der Waals surface area (Å²) in [5.41, 5.74) is 4.17. The Kier molecular flexibility index (Phi) is 8.54. The zero-order chi connectivity index (χ0) is 28.4. The molecule has 2 aliphatic heterocycles. The van der Waals surface area contributed by atoms with E-state index >= 15 is 0 Å². The van der Waals surface area contributed by atoms with Gasteiger partial charge >= 0.3 is 0 Å². The van der Waals surface area contributed by atoms with Gasteiger partial charge in [0.25, 0.3) is 0 Å². The molecular weight excluding hydrogens is 504 g/mol. The van der Waals surface area contributed by atoms with Crippen molar-refractivity contribution in [3.63, 3.8) is 0 Å². The Hall–Kier alpha value is -3.26. The van der Waals surface area contributed by atoms with E-state index in [1.807, 2.05) is 42.8 Å². The van der Waals surface area contributed by atoms with Crippen LogP contribution in [0.3, 0.4) is 0 Å². The van der Waals surface area contributed by atoms with Crippen molar-refractivity contribution < 1.29 is 19.1 Å². The molecule has 1 aliphatic carbocycles. The van der Waals surface area contributed by atoms with Crippen LogP contribution >= 0.6 is 0 Å². The molecule has 2 fully saturated rings. The van der Waals surface area contributed by atoms with Crippen LogP contribution in [0.25, 0.3) is 0 Å². The van der Waals surface area contributed by atoms with E-state index in [1.165, 1.54) is 25.7 Å². The Morgan fingerprint density at radius 3 is 2.27 bits per heavy atom. The Morgan fingerprint density at radius 1 is 0.925 bits per heavy atom. The molecule has 3 aliphatic rings. The Balaban J connectivity index is 1.18. The van der Waals surface area contributed by atoms with E-state index in [2.05, 4.69) is 41.1 Å². The Morgan fingerprint density at radius 2 is 1.62 bits per heavy atom. The number of ether oxygens (including phenoxy) is 2. The lowest BCUT2D eigenvalue weighted by atomic mass is 9.84. The standard InChI is InChI=1S/C32H44N4O4/c1-22(2)40-30-17-25-20-36(31(37)18-24(25)16-29(30)39-5)28-12-10-26(11-13-28)34(4)19-23-6-8-27(9-7-23)35-15-14-33(3)32(38)21-35/h10-13,16-17,22-23,27H,6-9,14-15,18-21H2,1-5H3. The fourth-order valence-electron chi connectivity index (χ4n) is 6.37. The van der Waals surface area contributed by atoms with Gasteiger partial charge in [0.2, 0.25) is 11.8 Å². The van der Waals surface area contributed by atoms with E-state index in [0.717, 1.165) is 42.1 Å². The molecule has 8 nitrogen and oxygen atoms in total. The van der Waals surface area contributed by atoms with Crippen molar-refractivity contribution in [2.45, 2.75) is 64.6 Å². The first-order valence-corrected chi connectivity index (χ1v) is 14.7. The summed E-state index contributed by atoms with van der Waals surface area (Å²) in [6.07, 6.45) is 5.12. The first-order valence-electron chi connectivity index (χ1n) is 14.7. The van der Waals surface area contributed by atoms with Crippen molar-refractivity contribution in [2.75, 3.05) is 57.2 Å². The van der Waals surface area contributed by atoms with Crippen molar-refractivity contribution in [3.8, 4) is 11.5 Å². The van der Waals surface area contributed by atoms with Crippen LogP contribution in [0.5, 0.6) is 11.5 Å². The number of amides is 2. The highest BCUT2D eigenvalue weighted by atomic mass is 16.5. The average molecular weight is 549 g/mol. The topological polar surface area (TPSA) is 65.6 Å². The van der Waals surface area contributed by atoms with Crippen LogP contribution in [-0.2, 0) is 22.6 Å². The average Bonchev–Trinajstić information content (AvgIpc) is 2.94. The number of hydrogen-bond donors (Lipinski definition) is 0. The number of fused-ring (bicyclic) bond motifs is 1. The summed E-state index contributed by atoms with van der Waals surface area (Å²) >= 11 is 0. The van der Waals surface area contributed by atoms with Crippen LogP contribution in [0.4, 0.5) is 11.4 Å². The van der Waals surface area contributed by atoms with Crippen LogP contribution in [0, 0.1) is 5.92 Å². The number of anilines is 2. The number of nitrogens with zero attached hydrogens (tertiary/aromatic N) is 4.